The molecule has 2 N–H and O–H groups in total. The van der Waals surface area contributed by atoms with E-state index in [1.165, 1.54) is 18.4 Å². The summed E-state index contributed by atoms with van der Waals surface area (Å²) in [4.78, 5) is 5.00. The highest BCUT2D eigenvalue weighted by Crippen LogP contribution is 2.25. The van der Waals surface area contributed by atoms with E-state index in [1.807, 2.05) is 0 Å². The maximum absolute atomic E-state index is 5.62. The summed E-state index contributed by atoms with van der Waals surface area (Å²) in [5.41, 5.74) is 9.21. The minimum absolute atomic E-state index is 0.327. The molecule has 98 valence electrons. The second kappa shape index (κ2) is 5.01. The van der Waals surface area contributed by atoms with E-state index in [0.29, 0.717) is 5.95 Å². The maximum atomic E-state index is 5.62. The number of fused-ring (bicyclic) bond motifs is 1. The van der Waals surface area contributed by atoms with Gasteiger partial charge in [0.15, 0.2) is 0 Å². The van der Waals surface area contributed by atoms with Crippen molar-refractivity contribution in [2.24, 2.45) is 0 Å². The minimum atomic E-state index is 0.327. The predicted molar refractivity (Wildman–Crippen MR) is 79.3 cm³/mol. The predicted octanol–water partition coefficient (Wildman–Crippen LogP) is 3.38. The van der Waals surface area contributed by atoms with Gasteiger partial charge in [-0.3, -0.25) is 0 Å². The molecule has 0 spiro atoms. The molecule has 0 aliphatic carbocycles. The molecule has 0 unspecified atom stereocenters. The molecule has 0 saturated heterocycles. The summed E-state index contributed by atoms with van der Waals surface area (Å²) in [6, 6.07) is 8.66. The number of thiazole rings is 1. The summed E-state index contributed by atoms with van der Waals surface area (Å²) in [6.45, 7) is 2.21. The van der Waals surface area contributed by atoms with Crippen molar-refractivity contribution in [3.63, 3.8) is 0 Å². The van der Waals surface area contributed by atoms with Crippen LogP contribution in [0.1, 0.15) is 25.3 Å². The average Bonchev–Trinajstić information content (AvgIpc) is 2.96. The summed E-state index contributed by atoms with van der Waals surface area (Å²) >= 11 is 1.56. The Morgan fingerprint density at radius 1 is 1.26 bits per heavy atom. The molecule has 0 aliphatic heterocycles. The van der Waals surface area contributed by atoms with E-state index in [-0.39, 0.29) is 0 Å². The van der Waals surface area contributed by atoms with Gasteiger partial charge in [0.1, 0.15) is 0 Å². The molecule has 0 radical (unpaired) electrons. The first-order chi connectivity index (χ1) is 9.28. The Hall–Kier alpha value is -1.88. The van der Waals surface area contributed by atoms with Crippen LogP contribution in [0.2, 0.25) is 0 Å². The van der Waals surface area contributed by atoms with Gasteiger partial charge in [-0.2, -0.15) is 4.98 Å². The zero-order chi connectivity index (χ0) is 13.2. The highest BCUT2D eigenvalue weighted by Gasteiger charge is 2.09. The number of hydrogen-bond acceptors (Lipinski definition) is 4. The van der Waals surface area contributed by atoms with E-state index in [1.54, 1.807) is 15.9 Å². The molecule has 0 aliphatic rings. The van der Waals surface area contributed by atoms with Crippen LogP contribution in [0.5, 0.6) is 0 Å². The summed E-state index contributed by atoms with van der Waals surface area (Å²) in [6.07, 6.45) is 3.61. The fourth-order valence-corrected chi connectivity index (χ4v) is 2.96. The van der Waals surface area contributed by atoms with Gasteiger partial charge in [-0.1, -0.05) is 37.6 Å². The number of nitrogens with two attached hydrogens (primary N) is 1. The number of rotatable bonds is 4. The molecule has 3 rings (SSSR count). The van der Waals surface area contributed by atoms with Crippen molar-refractivity contribution in [3.8, 4) is 11.3 Å². The molecular weight excluding hydrogens is 256 g/mol. The van der Waals surface area contributed by atoms with Crippen LogP contribution < -0.4 is 5.73 Å². The minimum Gasteiger partial charge on any atom is -0.366 e. The number of nitrogens with zero attached hydrogens (tertiary/aromatic N) is 3. The standard InChI is InChI=1S/C14H16N4S/c1-2-3-4-10-5-7-11(8-6-10)12-9-19-14-16-13(15)17-18(12)14/h5-9H,2-4H2,1H3,(H2,15,17). The molecule has 4 nitrogen and oxygen atoms in total. The van der Waals surface area contributed by atoms with E-state index in [2.05, 4.69) is 46.7 Å². The van der Waals surface area contributed by atoms with Crippen molar-refractivity contribution in [1.29, 1.82) is 0 Å². The summed E-state index contributed by atoms with van der Waals surface area (Å²) in [7, 11) is 0. The van der Waals surface area contributed by atoms with Gasteiger partial charge in [-0.15, -0.1) is 16.4 Å². The molecule has 1 aromatic carbocycles. The lowest BCUT2D eigenvalue weighted by Crippen LogP contribution is -1.91. The Morgan fingerprint density at radius 3 is 2.79 bits per heavy atom. The Morgan fingerprint density at radius 2 is 2.05 bits per heavy atom. The molecule has 3 aromatic rings. The van der Waals surface area contributed by atoms with Crippen molar-refractivity contribution in [3.05, 3.63) is 35.2 Å². The van der Waals surface area contributed by atoms with Crippen molar-refractivity contribution >= 4 is 22.2 Å². The van der Waals surface area contributed by atoms with Gasteiger partial charge in [-0.25, -0.2) is 4.52 Å². The van der Waals surface area contributed by atoms with Crippen LogP contribution in [0.4, 0.5) is 5.95 Å². The molecule has 2 aromatic heterocycles. The van der Waals surface area contributed by atoms with Crippen LogP contribution in [-0.2, 0) is 6.42 Å². The average molecular weight is 272 g/mol. The highest BCUT2D eigenvalue weighted by atomic mass is 32.1. The van der Waals surface area contributed by atoms with Gasteiger partial charge >= 0.3 is 0 Å². The van der Waals surface area contributed by atoms with Crippen LogP contribution in [0, 0.1) is 0 Å². The molecule has 0 saturated carbocycles. The van der Waals surface area contributed by atoms with Crippen molar-refractivity contribution in [2.75, 3.05) is 5.73 Å². The van der Waals surface area contributed by atoms with E-state index in [9.17, 15) is 0 Å². The van der Waals surface area contributed by atoms with Gasteiger partial charge < -0.3 is 5.73 Å². The van der Waals surface area contributed by atoms with Crippen molar-refractivity contribution < 1.29 is 0 Å². The van der Waals surface area contributed by atoms with Crippen LogP contribution in [-0.4, -0.2) is 14.6 Å². The molecule has 19 heavy (non-hydrogen) atoms. The zero-order valence-electron chi connectivity index (χ0n) is 10.8. The van der Waals surface area contributed by atoms with Crippen LogP contribution in [0.25, 0.3) is 16.2 Å². The summed E-state index contributed by atoms with van der Waals surface area (Å²) < 4.78 is 1.81. The van der Waals surface area contributed by atoms with Crippen LogP contribution in [0.3, 0.4) is 0 Å². The number of aromatic nitrogens is 3. The van der Waals surface area contributed by atoms with Gasteiger partial charge in [0.05, 0.1) is 5.69 Å². The first kappa shape index (κ1) is 12.2. The fourth-order valence-electron chi connectivity index (χ4n) is 2.12. The lowest BCUT2D eigenvalue weighted by atomic mass is 10.1. The third-order valence-electron chi connectivity index (χ3n) is 3.17. The summed E-state index contributed by atoms with van der Waals surface area (Å²) in [5, 5.41) is 6.28. The molecule has 0 amide bonds. The van der Waals surface area contributed by atoms with E-state index in [4.69, 9.17) is 5.73 Å². The number of aryl methyl sites for hydroxylation is 1. The second-order valence-corrected chi connectivity index (χ2v) is 5.42. The van der Waals surface area contributed by atoms with Gasteiger partial charge in [0, 0.05) is 10.9 Å². The first-order valence-corrected chi connectivity index (χ1v) is 7.35. The molecule has 0 bridgehead atoms. The smallest absolute Gasteiger partial charge is 0.241 e. The molecule has 5 heteroatoms. The Kier molecular flexibility index (Phi) is 3.21. The normalized spacial score (nSPS) is 11.2. The Bertz CT molecular complexity index is 681. The Labute approximate surface area is 115 Å². The molecular formula is C14H16N4S. The van der Waals surface area contributed by atoms with E-state index in [0.717, 1.165) is 22.6 Å². The quantitative estimate of drug-likeness (QED) is 0.792. The Balaban J connectivity index is 1.93. The fraction of sp³-hybridized carbons (Fsp3) is 0.286. The first-order valence-electron chi connectivity index (χ1n) is 6.47. The number of unbranched alkanes of at least 4 members (excludes halogenated alkanes) is 1. The number of benzene rings is 1. The molecule has 0 atom stereocenters. The van der Waals surface area contributed by atoms with Gasteiger partial charge in [-0.05, 0) is 18.4 Å². The molecule has 2 heterocycles. The SMILES string of the molecule is CCCCc1ccc(-c2csc3nc(N)nn23)cc1. The van der Waals surface area contributed by atoms with Crippen LogP contribution in [0.15, 0.2) is 29.6 Å². The zero-order valence-corrected chi connectivity index (χ0v) is 11.7. The van der Waals surface area contributed by atoms with Crippen molar-refractivity contribution in [1.82, 2.24) is 14.6 Å². The number of nitrogen functional groups attached to an aromatic ring is 1. The third-order valence-corrected chi connectivity index (χ3v) is 3.98. The lowest BCUT2D eigenvalue weighted by molar-refractivity contribution is 0.795. The lowest BCUT2D eigenvalue weighted by Gasteiger charge is -2.02. The van der Waals surface area contributed by atoms with Gasteiger partial charge in [0.25, 0.3) is 0 Å². The van der Waals surface area contributed by atoms with Gasteiger partial charge in [0.2, 0.25) is 10.9 Å². The second-order valence-electron chi connectivity index (χ2n) is 4.59. The number of hydrogen-bond donors (Lipinski definition) is 1. The topological polar surface area (TPSA) is 56.2 Å². The van der Waals surface area contributed by atoms with E-state index >= 15 is 0 Å². The third kappa shape index (κ3) is 2.33. The highest BCUT2D eigenvalue weighted by molar-refractivity contribution is 7.15. The maximum Gasteiger partial charge on any atom is 0.241 e. The van der Waals surface area contributed by atoms with E-state index < -0.39 is 0 Å². The largest absolute Gasteiger partial charge is 0.366 e. The monoisotopic (exact) mass is 272 g/mol. The van der Waals surface area contributed by atoms with Crippen LogP contribution >= 0.6 is 11.3 Å². The molecule has 0 fully saturated rings. The number of anilines is 1. The van der Waals surface area contributed by atoms with Crippen molar-refractivity contribution in [2.45, 2.75) is 26.2 Å². The summed E-state index contributed by atoms with van der Waals surface area (Å²) in [5.74, 6) is 0.327.